The van der Waals surface area contributed by atoms with E-state index in [1.165, 1.54) is 0 Å². The summed E-state index contributed by atoms with van der Waals surface area (Å²) in [4.78, 5) is 0. The Morgan fingerprint density at radius 3 is 1.28 bits per heavy atom. The minimum absolute atomic E-state index is 0.0312. The molecule has 192 valence electrons. The van der Waals surface area contributed by atoms with Crippen molar-refractivity contribution in [3.05, 3.63) is 0 Å². The first kappa shape index (κ1) is 29.6. The van der Waals surface area contributed by atoms with Gasteiger partial charge in [0, 0.05) is 38.7 Å². The van der Waals surface area contributed by atoms with Crippen molar-refractivity contribution in [1.29, 1.82) is 0 Å². The Labute approximate surface area is 190 Å². The summed E-state index contributed by atoms with van der Waals surface area (Å²) < 4.78 is 0. The second-order valence-electron chi connectivity index (χ2n) is 9.38. The summed E-state index contributed by atoms with van der Waals surface area (Å²) in [5.41, 5.74) is 0. The largest absolute Gasteiger partial charge is 0.396 e. The molecule has 3 heterocycles. The lowest BCUT2D eigenvalue weighted by atomic mass is 9.89. The molecular weight excluding hydrogens is 422 g/mol. The van der Waals surface area contributed by atoms with Gasteiger partial charge in [-0.25, -0.2) is 0 Å². The summed E-state index contributed by atoms with van der Waals surface area (Å²) in [6.45, 7) is 8.39. The Kier molecular flexibility index (Phi) is 13.6. The average Bonchev–Trinajstić information content (AvgIpc) is 2.79. The van der Waals surface area contributed by atoms with Crippen LogP contribution in [-0.2, 0) is 0 Å². The molecule has 0 bridgehead atoms. The van der Waals surface area contributed by atoms with Crippen LogP contribution in [0.2, 0.25) is 0 Å². The number of aliphatic hydroxyl groups excluding tert-OH is 8. The van der Waals surface area contributed by atoms with Gasteiger partial charge in [0.2, 0.25) is 0 Å². The zero-order chi connectivity index (χ0) is 24.4. The highest BCUT2D eigenvalue weighted by Gasteiger charge is 2.35. The molecule has 0 amide bonds. The lowest BCUT2D eigenvalue weighted by Crippen LogP contribution is -2.57. The Balaban J connectivity index is 0.000000240. The maximum absolute atomic E-state index is 9.44. The first-order chi connectivity index (χ1) is 15.1. The van der Waals surface area contributed by atoms with Crippen molar-refractivity contribution >= 4 is 0 Å². The molecule has 11 nitrogen and oxygen atoms in total. The molecule has 11 atom stereocenters. The molecule has 3 rings (SSSR count). The monoisotopic (exact) mass is 467 g/mol. The van der Waals surface area contributed by atoms with E-state index in [1.807, 2.05) is 20.8 Å². The molecule has 0 aliphatic carbocycles. The molecule has 0 aromatic rings. The molecule has 3 aliphatic heterocycles. The van der Waals surface area contributed by atoms with Gasteiger partial charge in [-0.15, -0.1) is 0 Å². The van der Waals surface area contributed by atoms with Gasteiger partial charge in [-0.3, -0.25) is 0 Å². The fourth-order valence-corrected chi connectivity index (χ4v) is 4.03. The van der Waals surface area contributed by atoms with Crippen molar-refractivity contribution < 1.29 is 40.9 Å². The van der Waals surface area contributed by atoms with Gasteiger partial charge in [0.05, 0.1) is 55.8 Å². The first-order valence-corrected chi connectivity index (χ1v) is 11.5. The van der Waals surface area contributed by atoms with E-state index in [2.05, 4.69) is 16.0 Å². The molecule has 32 heavy (non-hydrogen) atoms. The zero-order valence-corrected chi connectivity index (χ0v) is 19.4. The smallest absolute Gasteiger partial charge is 0.0977 e. The van der Waals surface area contributed by atoms with E-state index in [1.54, 1.807) is 0 Å². The van der Waals surface area contributed by atoms with Gasteiger partial charge in [0.25, 0.3) is 0 Å². The minimum Gasteiger partial charge on any atom is -0.396 e. The number of rotatable bonds is 3. The lowest BCUT2D eigenvalue weighted by molar-refractivity contribution is -0.0639. The normalized spacial score (nSPS) is 44.5. The van der Waals surface area contributed by atoms with E-state index in [0.29, 0.717) is 13.1 Å². The second-order valence-corrected chi connectivity index (χ2v) is 9.38. The molecule has 3 aliphatic rings. The van der Waals surface area contributed by atoms with Crippen molar-refractivity contribution in [3.8, 4) is 0 Å². The Bertz CT molecular complexity index is 472. The van der Waals surface area contributed by atoms with Gasteiger partial charge in [0.15, 0.2) is 0 Å². The Hall–Kier alpha value is -0.440. The number of aliphatic hydroxyl groups is 8. The standard InChI is InChI=1S/2C7H15NO3.C7H15NO2/c2*1-4-2-8-5(3-9)7(11)6(4)10;1-5-2-8-3-6(4-9)7(5)10/h2*4-11H,2-3H2,1H3;5-10H,2-4H2,1H3/t4-,5+,6+,7+;4-,5+,6+,7-;5-,6-,7+/m000/s1. The van der Waals surface area contributed by atoms with Crippen LogP contribution in [-0.4, -0.2) is 129 Å². The highest BCUT2D eigenvalue weighted by molar-refractivity contribution is 4.90. The van der Waals surface area contributed by atoms with Gasteiger partial charge in [-0.2, -0.15) is 0 Å². The predicted molar refractivity (Wildman–Crippen MR) is 119 cm³/mol. The van der Waals surface area contributed by atoms with E-state index < -0.39 is 24.4 Å². The highest BCUT2D eigenvalue weighted by Crippen LogP contribution is 2.16. The number of hydrogen-bond acceptors (Lipinski definition) is 11. The molecule has 3 fully saturated rings. The summed E-state index contributed by atoms with van der Waals surface area (Å²) in [5.74, 6) is 0.398. The van der Waals surface area contributed by atoms with E-state index in [9.17, 15) is 25.5 Å². The van der Waals surface area contributed by atoms with Crippen LogP contribution in [0.4, 0.5) is 0 Å². The van der Waals surface area contributed by atoms with E-state index in [-0.39, 0.29) is 61.7 Å². The minimum atomic E-state index is -0.844. The molecule has 0 aromatic carbocycles. The molecule has 11 N–H and O–H groups in total. The van der Waals surface area contributed by atoms with Crippen LogP contribution in [0.1, 0.15) is 20.8 Å². The van der Waals surface area contributed by atoms with Crippen molar-refractivity contribution in [2.45, 2.75) is 63.4 Å². The van der Waals surface area contributed by atoms with Crippen molar-refractivity contribution in [2.24, 2.45) is 23.7 Å². The summed E-state index contributed by atoms with van der Waals surface area (Å²) in [7, 11) is 0. The van der Waals surface area contributed by atoms with Crippen LogP contribution in [0.3, 0.4) is 0 Å². The highest BCUT2D eigenvalue weighted by atomic mass is 16.3. The van der Waals surface area contributed by atoms with Gasteiger partial charge < -0.3 is 56.8 Å². The van der Waals surface area contributed by atoms with Gasteiger partial charge >= 0.3 is 0 Å². The number of nitrogens with one attached hydrogen (secondary N) is 3. The van der Waals surface area contributed by atoms with Crippen molar-refractivity contribution in [3.63, 3.8) is 0 Å². The molecule has 0 spiro atoms. The maximum Gasteiger partial charge on any atom is 0.0977 e. The third-order valence-electron chi connectivity index (χ3n) is 6.66. The number of piperidine rings is 3. The fraction of sp³-hybridized carbons (Fsp3) is 1.00. The van der Waals surface area contributed by atoms with Crippen molar-refractivity contribution in [1.82, 2.24) is 16.0 Å². The lowest BCUT2D eigenvalue weighted by Gasteiger charge is -2.35. The van der Waals surface area contributed by atoms with Crippen LogP contribution in [0, 0.1) is 23.7 Å². The molecule has 0 radical (unpaired) electrons. The molecule has 0 saturated carbocycles. The molecule has 11 heteroatoms. The summed E-state index contributed by atoms with van der Waals surface area (Å²) in [5, 5.41) is 82.1. The quantitative estimate of drug-likeness (QED) is 0.192. The third kappa shape index (κ3) is 8.41. The van der Waals surface area contributed by atoms with E-state index in [4.69, 9.17) is 15.3 Å². The Morgan fingerprint density at radius 1 is 0.531 bits per heavy atom. The van der Waals surface area contributed by atoms with Crippen LogP contribution in [0.5, 0.6) is 0 Å². The molecule has 0 unspecified atom stereocenters. The second kappa shape index (κ2) is 14.7. The number of hydrogen-bond donors (Lipinski definition) is 11. The van der Waals surface area contributed by atoms with Crippen LogP contribution < -0.4 is 16.0 Å². The van der Waals surface area contributed by atoms with Crippen LogP contribution in [0.15, 0.2) is 0 Å². The molecular formula is C21H45N3O8. The zero-order valence-electron chi connectivity index (χ0n) is 19.4. The van der Waals surface area contributed by atoms with Gasteiger partial charge in [-0.1, -0.05) is 20.8 Å². The molecule has 3 saturated heterocycles. The third-order valence-corrected chi connectivity index (χ3v) is 6.66. The first-order valence-electron chi connectivity index (χ1n) is 11.5. The predicted octanol–water partition coefficient (Wildman–Crippen LogP) is -4.19. The van der Waals surface area contributed by atoms with E-state index in [0.717, 1.165) is 13.1 Å². The Morgan fingerprint density at radius 2 is 0.938 bits per heavy atom. The average molecular weight is 468 g/mol. The van der Waals surface area contributed by atoms with E-state index >= 15 is 0 Å². The molecule has 0 aromatic heterocycles. The summed E-state index contributed by atoms with van der Waals surface area (Å²) in [6, 6.07) is -0.748. The van der Waals surface area contributed by atoms with Gasteiger partial charge in [0.1, 0.15) is 0 Å². The topological polar surface area (TPSA) is 198 Å². The van der Waals surface area contributed by atoms with Gasteiger partial charge in [-0.05, 0) is 17.8 Å². The fourth-order valence-electron chi connectivity index (χ4n) is 4.03. The summed E-state index contributed by atoms with van der Waals surface area (Å²) in [6.07, 6.45) is -3.44. The van der Waals surface area contributed by atoms with Crippen LogP contribution in [0.25, 0.3) is 0 Å². The van der Waals surface area contributed by atoms with Crippen molar-refractivity contribution in [2.75, 3.05) is 46.0 Å². The van der Waals surface area contributed by atoms with Crippen LogP contribution >= 0.6 is 0 Å². The summed E-state index contributed by atoms with van der Waals surface area (Å²) >= 11 is 0. The SMILES string of the molecule is C[C@H]1CNC[C@@H](CO)[C@@H]1O.C[C@H]1CN[C@H](CO)[C@@H](O)[C@@H]1O.C[C@H]1CN[C@H](CO)[C@H](O)[C@@H]1O. The maximum atomic E-state index is 9.44.